The van der Waals surface area contributed by atoms with Crippen molar-refractivity contribution in [1.82, 2.24) is 10.2 Å². The van der Waals surface area contributed by atoms with Gasteiger partial charge in [-0.1, -0.05) is 0 Å². The highest BCUT2D eigenvalue weighted by molar-refractivity contribution is 5.74. The summed E-state index contributed by atoms with van der Waals surface area (Å²) in [6.45, 7) is -2.97. The Morgan fingerprint density at radius 3 is 2.32 bits per heavy atom. The van der Waals surface area contributed by atoms with Crippen LogP contribution in [0.15, 0.2) is 0 Å². The third kappa shape index (κ3) is 8.21. The lowest BCUT2D eigenvalue weighted by Gasteiger charge is -2.23. The summed E-state index contributed by atoms with van der Waals surface area (Å²) in [5, 5.41) is 27.8. The van der Waals surface area contributed by atoms with E-state index in [1.54, 1.807) is 0 Å². The molecule has 1 unspecified atom stereocenters. The number of nitrogens with zero attached hydrogens (tertiary/aromatic N) is 1. The summed E-state index contributed by atoms with van der Waals surface area (Å²) in [6.07, 6.45) is -6.64. The van der Waals surface area contributed by atoms with Crippen LogP contribution in [0.2, 0.25) is 0 Å². The molecule has 1 atom stereocenters. The van der Waals surface area contributed by atoms with Crippen molar-refractivity contribution < 1.29 is 38.1 Å². The highest BCUT2D eigenvalue weighted by Crippen LogP contribution is 2.16. The number of carbonyl (C=O) groups is 2. The van der Waals surface area contributed by atoms with Gasteiger partial charge in [-0.2, -0.15) is 13.2 Å². The summed E-state index contributed by atoms with van der Waals surface area (Å²) in [6, 6.07) is -1.09. The Morgan fingerprint density at radius 1 is 1.32 bits per heavy atom. The number of carbonyl (C=O) groups excluding carboxylic acids is 1. The number of hydrogen-bond acceptors (Lipinski definition) is 4. The predicted molar refractivity (Wildman–Crippen MR) is 56.4 cm³/mol. The maximum atomic E-state index is 12.1. The minimum Gasteiger partial charge on any atom is -0.479 e. The first-order chi connectivity index (χ1) is 8.67. The Balaban J connectivity index is 4.22. The minimum absolute atomic E-state index is 0.300. The number of carboxylic acid groups (broad SMARTS) is 1. The van der Waals surface area contributed by atoms with Gasteiger partial charge in [0.15, 0.2) is 6.10 Å². The van der Waals surface area contributed by atoms with E-state index in [1.807, 2.05) is 5.32 Å². The van der Waals surface area contributed by atoms with Crippen molar-refractivity contribution in [2.45, 2.75) is 18.7 Å². The zero-order chi connectivity index (χ0) is 15.1. The van der Waals surface area contributed by atoms with Crippen LogP contribution >= 0.6 is 0 Å². The van der Waals surface area contributed by atoms with Crippen molar-refractivity contribution in [3.63, 3.8) is 0 Å². The molecule has 0 aromatic carbocycles. The Bertz CT molecular complexity index is 311. The van der Waals surface area contributed by atoms with Gasteiger partial charge in [-0.15, -0.1) is 0 Å². The number of nitrogens with one attached hydrogen (secondary N) is 1. The molecule has 0 heterocycles. The highest BCUT2D eigenvalue weighted by atomic mass is 19.4. The Morgan fingerprint density at radius 2 is 1.89 bits per heavy atom. The quantitative estimate of drug-likeness (QED) is 0.499. The molecule has 0 spiro atoms. The lowest BCUT2D eigenvalue weighted by molar-refractivity contribution is -0.146. The maximum absolute atomic E-state index is 12.1. The van der Waals surface area contributed by atoms with Gasteiger partial charge in [0.1, 0.15) is 6.54 Å². The molecule has 0 bridgehead atoms. The van der Waals surface area contributed by atoms with E-state index in [4.69, 9.17) is 15.3 Å². The lowest BCUT2D eigenvalue weighted by atomic mass is 10.2. The predicted octanol–water partition coefficient (Wildman–Crippen LogP) is -0.612. The van der Waals surface area contributed by atoms with Crippen LogP contribution in [0.1, 0.15) is 6.42 Å². The van der Waals surface area contributed by atoms with Crippen LogP contribution < -0.4 is 5.32 Å². The molecule has 19 heavy (non-hydrogen) atoms. The summed E-state index contributed by atoms with van der Waals surface area (Å²) < 4.78 is 36.4. The molecule has 0 aliphatic heterocycles. The van der Waals surface area contributed by atoms with Gasteiger partial charge in [0.05, 0.1) is 6.61 Å². The molecule has 0 aromatic rings. The van der Waals surface area contributed by atoms with Gasteiger partial charge in [0.2, 0.25) is 0 Å². The van der Waals surface area contributed by atoms with Gasteiger partial charge in [-0.3, -0.25) is 0 Å². The fourth-order valence-corrected chi connectivity index (χ4v) is 1.14. The van der Waals surface area contributed by atoms with E-state index in [-0.39, 0.29) is 13.0 Å². The summed E-state index contributed by atoms with van der Waals surface area (Å²) in [4.78, 5) is 21.9. The van der Waals surface area contributed by atoms with Gasteiger partial charge >= 0.3 is 18.2 Å². The van der Waals surface area contributed by atoms with Crippen molar-refractivity contribution in [3.8, 4) is 0 Å². The number of urea groups is 1. The maximum Gasteiger partial charge on any atom is 0.406 e. The molecule has 0 saturated carbocycles. The van der Waals surface area contributed by atoms with Gasteiger partial charge in [0, 0.05) is 19.5 Å². The van der Waals surface area contributed by atoms with Crippen LogP contribution in [0.25, 0.3) is 0 Å². The van der Waals surface area contributed by atoms with Crippen LogP contribution in [0.3, 0.4) is 0 Å². The molecule has 0 rings (SSSR count). The molecule has 0 aromatic heterocycles. The highest BCUT2D eigenvalue weighted by Gasteiger charge is 2.32. The molecule has 112 valence electrons. The number of alkyl halides is 3. The molecule has 0 fully saturated rings. The number of amides is 2. The van der Waals surface area contributed by atoms with Crippen molar-refractivity contribution in [2.24, 2.45) is 0 Å². The second-order valence-corrected chi connectivity index (χ2v) is 3.63. The second-order valence-electron chi connectivity index (χ2n) is 3.63. The van der Waals surface area contributed by atoms with Crippen molar-refractivity contribution >= 4 is 12.0 Å². The molecule has 2 amide bonds. The van der Waals surface area contributed by atoms with Gasteiger partial charge in [-0.25, -0.2) is 9.59 Å². The van der Waals surface area contributed by atoms with E-state index in [2.05, 4.69) is 0 Å². The molecule has 4 N–H and O–H groups in total. The monoisotopic (exact) mass is 288 g/mol. The molecule has 0 saturated heterocycles. The number of rotatable bonds is 7. The SMILES string of the molecule is O=C(O)C(O)CCNC(=O)N(CCO)CC(F)(F)F. The van der Waals surface area contributed by atoms with Crippen molar-refractivity contribution in [3.05, 3.63) is 0 Å². The Labute approximate surface area is 106 Å². The van der Waals surface area contributed by atoms with E-state index in [0.717, 1.165) is 0 Å². The number of aliphatic hydroxyl groups is 2. The number of aliphatic carboxylic acids is 1. The average molecular weight is 288 g/mol. The van der Waals surface area contributed by atoms with Crippen LogP contribution in [0, 0.1) is 0 Å². The normalized spacial score (nSPS) is 12.9. The van der Waals surface area contributed by atoms with E-state index in [0.29, 0.717) is 4.90 Å². The number of aliphatic hydroxyl groups excluding tert-OH is 2. The molecule has 0 aliphatic carbocycles. The molecule has 7 nitrogen and oxygen atoms in total. The molecular weight excluding hydrogens is 273 g/mol. The Hall–Kier alpha value is -1.55. The van der Waals surface area contributed by atoms with Crippen LogP contribution in [-0.4, -0.2) is 70.7 Å². The largest absolute Gasteiger partial charge is 0.479 e. The second kappa shape index (κ2) is 7.79. The first-order valence-electron chi connectivity index (χ1n) is 5.28. The molecule has 0 aliphatic rings. The fraction of sp³-hybridized carbons (Fsp3) is 0.778. The van der Waals surface area contributed by atoms with E-state index in [9.17, 15) is 22.8 Å². The van der Waals surface area contributed by atoms with Gasteiger partial charge in [-0.05, 0) is 0 Å². The molecular formula is C9H15F3N2O5. The van der Waals surface area contributed by atoms with E-state index in [1.165, 1.54) is 0 Å². The number of hydrogen-bond donors (Lipinski definition) is 4. The van der Waals surface area contributed by atoms with Crippen LogP contribution in [0.5, 0.6) is 0 Å². The smallest absolute Gasteiger partial charge is 0.406 e. The Kier molecular flexibility index (Phi) is 7.16. The summed E-state index contributed by atoms with van der Waals surface area (Å²) in [7, 11) is 0. The minimum atomic E-state index is -4.60. The van der Waals surface area contributed by atoms with E-state index < -0.39 is 44.0 Å². The molecule has 0 radical (unpaired) electrons. The fourth-order valence-electron chi connectivity index (χ4n) is 1.14. The average Bonchev–Trinajstić information content (AvgIpc) is 2.26. The van der Waals surface area contributed by atoms with E-state index >= 15 is 0 Å². The first kappa shape index (κ1) is 17.4. The van der Waals surface area contributed by atoms with Crippen LogP contribution in [-0.2, 0) is 4.79 Å². The topological polar surface area (TPSA) is 110 Å². The zero-order valence-electron chi connectivity index (χ0n) is 9.85. The summed E-state index contributed by atoms with van der Waals surface area (Å²) >= 11 is 0. The lowest BCUT2D eigenvalue weighted by Crippen LogP contribution is -2.46. The number of halogens is 3. The molecule has 10 heteroatoms. The van der Waals surface area contributed by atoms with Gasteiger partial charge < -0.3 is 25.5 Å². The van der Waals surface area contributed by atoms with Gasteiger partial charge in [0.25, 0.3) is 0 Å². The standard InChI is InChI=1S/C9H15F3N2O5/c10-9(11,12)5-14(3-4-15)8(19)13-2-1-6(16)7(17)18/h6,15-16H,1-5H2,(H,13,19)(H,17,18). The zero-order valence-corrected chi connectivity index (χ0v) is 9.85. The first-order valence-corrected chi connectivity index (χ1v) is 5.28. The van der Waals surface area contributed by atoms with Crippen LogP contribution in [0.4, 0.5) is 18.0 Å². The number of carboxylic acids is 1. The van der Waals surface area contributed by atoms with Crippen molar-refractivity contribution in [1.29, 1.82) is 0 Å². The summed E-state index contributed by atoms with van der Waals surface area (Å²) in [5.74, 6) is -1.49. The third-order valence-corrected chi connectivity index (χ3v) is 2.01. The third-order valence-electron chi connectivity index (χ3n) is 2.01. The summed E-state index contributed by atoms with van der Waals surface area (Å²) in [5.41, 5.74) is 0. The van der Waals surface area contributed by atoms with Crippen molar-refractivity contribution in [2.75, 3.05) is 26.2 Å².